The topological polar surface area (TPSA) is 83.7 Å². The summed E-state index contributed by atoms with van der Waals surface area (Å²) in [5.41, 5.74) is 5.78. The number of thiazole rings is 1. The number of hydrogen-bond donors (Lipinski definition) is 1. The lowest BCUT2D eigenvalue weighted by atomic mass is 10.4. The molecule has 0 aliphatic rings. The largest absolute Gasteiger partial charge is 0.461 e. The lowest BCUT2D eigenvalue weighted by Crippen LogP contribution is -2.10. The fraction of sp³-hybridized carbons (Fsp3) is 0.667. The molecule has 19 heavy (non-hydrogen) atoms. The van der Waals surface area contributed by atoms with Gasteiger partial charge in [0, 0.05) is 31.9 Å². The molecule has 0 amide bonds. The van der Waals surface area contributed by atoms with Crippen LogP contribution in [0, 0.1) is 0 Å². The number of esters is 1. The molecule has 108 valence electrons. The van der Waals surface area contributed by atoms with E-state index in [1.165, 1.54) is 11.3 Å². The summed E-state index contributed by atoms with van der Waals surface area (Å²) in [4.78, 5) is 15.8. The summed E-state index contributed by atoms with van der Waals surface area (Å²) in [5, 5.41) is 2.56. The van der Waals surface area contributed by atoms with Crippen molar-refractivity contribution in [3.05, 3.63) is 16.1 Å². The van der Waals surface area contributed by atoms with Gasteiger partial charge in [0.05, 0.1) is 24.8 Å². The van der Waals surface area contributed by atoms with E-state index in [-0.39, 0.29) is 0 Å². The Labute approximate surface area is 116 Å². The molecule has 0 spiro atoms. The third-order valence-corrected chi connectivity index (χ3v) is 3.13. The van der Waals surface area contributed by atoms with E-state index < -0.39 is 5.97 Å². The van der Waals surface area contributed by atoms with Crippen LogP contribution in [0.1, 0.15) is 21.9 Å². The van der Waals surface area contributed by atoms with E-state index in [2.05, 4.69) is 4.98 Å². The van der Waals surface area contributed by atoms with E-state index >= 15 is 0 Å². The maximum Gasteiger partial charge on any atom is 0.357 e. The molecule has 0 aromatic carbocycles. The maximum atomic E-state index is 11.6. The van der Waals surface area contributed by atoms with Gasteiger partial charge in [0.15, 0.2) is 5.69 Å². The Balaban J connectivity index is 2.13. The minimum absolute atomic E-state index is 0.329. The van der Waals surface area contributed by atoms with E-state index in [0.29, 0.717) is 51.5 Å². The highest BCUT2D eigenvalue weighted by Gasteiger charge is 2.11. The molecule has 1 rings (SSSR count). The first-order valence-electron chi connectivity index (χ1n) is 6.16. The summed E-state index contributed by atoms with van der Waals surface area (Å²) >= 11 is 1.42. The molecule has 1 heterocycles. The Bertz CT molecular complexity index is 370. The lowest BCUT2D eigenvalue weighted by Gasteiger charge is -2.04. The SMILES string of the molecule is COCCOCCCOC(=O)c1csc(CCN)n1. The summed E-state index contributed by atoms with van der Waals surface area (Å²) in [6.45, 7) is 2.53. The number of rotatable bonds is 10. The summed E-state index contributed by atoms with van der Waals surface area (Å²) in [6.07, 6.45) is 1.35. The first-order valence-corrected chi connectivity index (χ1v) is 7.04. The van der Waals surface area contributed by atoms with Crippen LogP contribution < -0.4 is 5.73 Å². The van der Waals surface area contributed by atoms with Gasteiger partial charge in [0.25, 0.3) is 0 Å². The van der Waals surface area contributed by atoms with Crippen LogP contribution in [0.25, 0.3) is 0 Å². The predicted molar refractivity (Wildman–Crippen MR) is 72.5 cm³/mol. The molecule has 1 aromatic rings. The number of carbonyl (C=O) groups excluding carboxylic acids is 1. The Morgan fingerprint density at radius 3 is 2.95 bits per heavy atom. The van der Waals surface area contributed by atoms with Gasteiger partial charge in [-0.2, -0.15) is 0 Å². The number of hydrogen-bond acceptors (Lipinski definition) is 7. The van der Waals surface area contributed by atoms with Crippen LogP contribution in [0.15, 0.2) is 5.38 Å². The number of methoxy groups -OCH3 is 1. The van der Waals surface area contributed by atoms with Gasteiger partial charge >= 0.3 is 5.97 Å². The fourth-order valence-corrected chi connectivity index (χ4v) is 2.07. The van der Waals surface area contributed by atoms with E-state index in [0.717, 1.165) is 5.01 Å². The van der Waals surface area contributed by atoms with Crippen LogP contribution in [0.2, 0.25) is 0 Å². The van der Waals surface area contributed by atoms with Gasteiger partial charge in [-0.1, -0.05) is 0 Å². The lowest BCUT2D eigenvalue weighted by molar-refractivity contribution is 0.0381. The number of nitrogens with zero attached hydrogens (tertiary/aromatic N) is 1. The zero-order chi connectivity index (χ0) is 13.9. The van der Waals surface area contributed by atoms with Crippen molar-refractivity contribution in [1.82, 2.24) is 4.98 Å². The molecule has 0 bridgehead atoms. The average molecular weight is 288 g/mol. The van der Waals surface area contributed by atoms with Gasteiger partial charge in [0.1, 0.15) is 0 Å². The molecule has 0 radical (unpaired) electrons. The summed E-state index contributed by atoms with van der Waals surface area (Å²) in [7, 11) is 1.62. The number of ether oxygens (including phenoxy) is 3. The highest BCUT2D eigenvalue weighted by Crippen LogP contribution is 2.11. The van der Waals surface area contributed by atoms with Crippen molar-refractivity contribution in [3.8, 4) is 0 Å². The highest BCUT2D eigenvalue weighted by molar-refractivity contribution is 7.09. The van der Waals surface area contributed by atoms with Gasteiger partial charge in [-0.15, -0.1) is 11.3 Å². The molecule has 7 heteroatoms. The molecule has 0 unspecified atom stereocenters. The standard InChI is InChI=1S/C12H20N2O4S/c1-16-7-8-17-5-2-6-18-12(15)10-9-19-11(14-10)3-4-13/h9H,2-8,13H2,1H3. The normalized spacial score (nSPS) is 10.6. The molecular formula is C12H20N2O4S. The molecule has 0 aliphatic carbocycles. The van der Waals surface area contributed by atoms with E-state index in [1.807, 2.05) is 0 Å². The summed E-state index contributed by atoms with van der Waals surface area (Å²) < 4.78 is 15.2. The van der Waals surface area contributed by atoms with E-state index in [4.69, 9.17) is 19.9 Å². The number of carbonyl (C=O) groups is 1. The zero-order valence-corrected chi connectivity index (χ0v) is 11.9. The van der Waals surface area contributed by atoms with Crippen molar-refractivity contribution in [2.45, 2.75) is 12.8 Å². The maximum absolute atomic E-state index is 11.6. The van der Waals surface area contributed by atoms with Crippen LogP contribution in [0.4, 0.5) is 0 Å². The van der Waals surface area contributed by atoms with Gasteiger partial charge < -0.3 is 19.9 Å². The zero-order valence-electron chi connectivity index (χ0n) is 11.1. The first-order chi connectivity index (χ1) is 9.27. The molecule has 0 fully saturated rings. The van der Waals surface area contributed by atoms with Crippen LogP contribution in [0.3, 0.4) is 0 Å². The van der Waals surface area contributed by atoms with Crippen molar-refractivity contribution < 1.29 is 19.0 Å². The second-order valence-corrected chi connectivity index (χ2v) is 4.70. The number of aromatic nitrogens is 1. The number of nitrogens with two attached hydrogens (primary N) is 1. The van der Waals surface area contributed by atoms with Crippen molar-refractivity contribution in [1.29, 1.82) is 0 Å². The average Bonchev–Trinajstić information content (AvgIpc) is 2.87. The molecule has 2 N–H and O–H groups in total. The third kappa shape index (κ3) is 6.63. The minimum Gasteiger partial charge on any atom is -0.461 e. The molecular weight excluding hydrogens is 268 g/mol. The van der Waals surface area contributed by atoms with Crippen molar-refractivity contribution in [2.24, 2.45) is 5.73 Å². The van der Waals surface area contributed by atoms with Gasteiger partial charge in [-0.05, 0) is 6.54 Å². The Morgan fingerprint density at radius 2 is 2.21 bits per heavy atom. The molecule has 0 atom stereocenters. The molecule has 1 aromatic heterocycles. The van der Waals surface area contributed by atoms with Crippen LogP contribution >= 0.6 is 11.3 Å². The third-order valence-electron chi connectivity index (χ3n) is 2.22. The quantitative estimate of drug-likeness (QED) is 0.508. The highest BCUT2D eigenvalue weighted by atomic mass is 32.1. The van der Waals surface area contributed by atoms with Gasteiger partial charge in [0.2, 0.25) is 0 Å². The molecule has 0 saturated heterocycles. The van der Waals surface area contributed by atoms with Crippen molar-refractivity contribution in [2.75, 3.05) is 40.1 Å². The fourth-order valence-electron chi connectivity index (χ4n) is 1.29. The monoisotopic (exact) mass is 288 g/mol. The van der Waals surface area contributed by atoms with Crippen LogP contribution in [0.5, 0.6) is 0 Å². The second kappa shape index (κ2) is 9.85. The van der Waals surface area contributed by atoms with Gasteiger partial charge in [-0.3, -0.25) is 0 Å². The summed E-state index contributed by atoms with van der Waals surface area (Å²) in [6, 6.07) is 0. The summed E-state index contributed by atoms with van der Waals surface area (Å²) in [5.74, 6) is -0.392. The Hall–Kier alpha value is -1.02. The Morgan fingerprint density at radius 1 is 1.37 bits per heavy atom. The van der Waals surface area contributed by atoms with Crippen LogP contribution in [-0.4, -0.2) is 51.0 Å². The predicted octanol–water partition coefficient (Wildman–Crippen LogP) is 0.854. The molecule has 0 saturated carbocycles. The van der Waals surface area contributed by atoms with Crippen molar-refractivity contribution in [3.63, 3.8) is 0 Å². The Kier molecular flexibility index (Phi) is 8.31. The second-order valence-electron chi connectivity index (χ2n) is 3.76. The van der Waals surface area contributed by atoms with E-state index in [1.54, 1.807) is 12.5 Å². The smallest absolute Gasteiger partial charge is 0.357 e. The molecule has 0 aliphatic heterocycles. The minimum atomic E-state index is -0.392. The van der Waals surface area contributed by atoms with Crippen molar-refractivity contribution >= 4 is 17.3 Å². The van der Waals surface area contributed by atoms with Crippen LogP contribution in [-0.2, 0) is 20.6 Å². The molecule has 6 nitrogen and oxygen atoms in total. The first kappa shape index (κ1) is 16.0. The van der Waals surface area contributed by atoms with E-state index in [9.17, 15) is 4.79 Å². The van der Waals surface area contributed by atoms with Gasteiger partial charge in [-0.25, -0.2) is 9.78 Å².